The zero-order valence-electron chi connectivity index (χ0n) is 10.3. The van der Waals surface area contributed by atoms with E-state index in [4.69, 9.17) is 5.73 Å². The molecule has 17 heavy (non-hydrogen) atoms. The topological polar surface area (TPSA) is 47.1 Å². The fraction of sp³-hybridized carbons (Fsp3) is 0.727. The van der Waals surface area contributed by atoms with Crippen LogP contribution in [0.15, 0.2) is 10.7 Å². The van der Waals surface area contributed by atoms with Crippen molar-refractivity contribution in [1.82, 2.24) is 14.7 Å². The molecular formula is C11H20BrClN4. The third kappa shape index (κ3) is 3.44. The highest BCUT2D eigenvalue weighted by molar-refractivity contribution is 9.10. The van der Waals surface area contributed by atoms with Crippen LogP contribution in [0.2, 0.25) is 0 Å². The number of rotatable bonds is 3. The summed E-state index contributed by atoms with van der Waals surface area (Å²) in [5.74, 6) is 0.645. The molecule has 2 N–H and O–H groups in total. The van der Waals surface area contributed by atoms with E-state index in [-0.39, 0.29) is 12.4 Å². The highest BCUT2D eigenvalue weighted by atomic mass is 79.9. The third-order valence-electron chi connectivity index (χ3n) is 3.44. The van der Waals surface area contributed by atoms with Crippen LogP contribution in [0.25, 0.3) is 0 Å². The van der Waals surface area contributed by atoms with E-state index < -0.39 is 0 Å². The molecule has 1 aliphatic rings. The summed E-state index contributed by atoms with van der Waals surface area (Å²) in [6, 6.07) is 0.306. The van der Waals surface area contributed by atoms with Gasteiger partial charge in [-0.2, -0.15) is 5.10 Å². The van der Waals surface area contributed by atoms with E-state index >= 15 is 0 Å². The Kier molecular flexibility index (Phi) is 5.44. The van der Waals surface area contributed by atoms with Gasteiger partial charge in [-0.05, 0) is 41.7 Å². The number of hydrogen-bond acceptors (Lipinski definition) is 3. The summed E-state index contributed by atoms with van der Waals surface area (Å²) >= 11 is 3.53. The van der Waals surface area contributed by atoms with Gasteiger partial charge in [-0.25, -0.2) is 0 Å². The molecule has 2 atom stereocenters. The Morgan fingerprint density at radius 3 is 2.82 bits per heavy atom. The Balaban J connectivity index is 0.00000144. The zero-order valence-corrected chi connectivity index (χ0v) is 12.7. The van der Waals surface area contributed by atoms with Gasteiger partial charge in [0, 0.05) is 26.2 Å². The highest BCUT2D eigenvalue weighted by Gasteiger charge is 2.26. The van der Waals surface area contributed by atoms with Crippen LogP contribution in [0, 0.1) is 5.92 Å². The normalized spacial score (nSPS) is 22.5. The van der Waals surface area contributed by atoms with Crippen molar-refractivity contribution in [3.63, 3.8) is 0 Å². The Hall–Kier alpha value is -0.100. The second-order valence-corrected chi connectivity index (χ2v) is 5.56. The minimum Gasteiger partial charge on any atom is -0.328 e. The van der Waals surface area contributed by atoms with Crippen LogP contribution in [-0.2, 0) is 13.6 Å². The molecule has 6 heteroatoms. The lowest BCUT2D eigenvalue weighted by Crippen LogP contribution is -2.30. The first kappa shape index (κ1) is 15.0. The van der Waals surface area contributed by atoms with Crippen LogP contribution in [0.1, 0.15) is 19.0 Å². The summed E-state index contributed by atoms with van der Waals surface area (Å²) in [6.45, 7) is 5.31. The van der Waals surface area contributed by atoms with E-state index in [2.05, 4.69) is 32.9 Å². The standard InChI is InChI=1S/C11H19BrN4.ClH/c1-8(13)9-3-4-16(6-9)7-11-10(12)5-14-15(11)2;/h5,8-9H,3-4,6-7,13H2,1-2H3;1H. The van der Waals surface area contributed by atoms with Crippen molar-refractivity contribution in [1.29, 1.82) is 0 Å². The number of halogens is 2. The van der Waals surface area contributed by atoms with Crippen molar-refractivity contribution >= 4 is 28.3 Å². The molecule has 1 aromatic rings. The molecule has 0 aliphatic carbocycles. The molecule has 1 aromatic heterocycles. The second kappa shape index (κ2) is 6.18. The lowest BCUT2D eigenvalue weighted by atomic mass is 10.0. The van der Waals surface area contributed by atoms with Gasteiger partial charge in [-0.1, -0.05) is 0 Å². The van der Waals surface area contributed by atoms with Crippen molar-refractivity contribution in [3.05, 3.63) is 16.4 Å². The summed E-state index contributed by atoms with van der Waals surface area (Å²) in [5.41, 5.74) is 7.18. The lowest BCUT2D eigenvalue weighted by Gasteiger charge is -2.18. The molecule has 98 valence electrons. The van der Waals surface area contributed by atoms with Gasteiger partial charge in [0.05, 0.1) is 16.4 Å². The molecule has 1 aliphatic heterocycles. The Bertz CT molecular complexity index is 347. The molecular weight excluding hydrogens is 304 g/mol. The fourth-order valence-corrected chi connectivity index (χ4v) is 2.73. The smallest absolute Gasteiger partial charge is 0.0663 e. The fourth-order valence-electron chi connectivity index (χ4n) is 2.26. The summed E-state index contributed by atoms with van der Waals surface area (Å²) < 4.78 is 3.03. The van der Waals surface area contributed by atoms with Gasteiger partial charge in [0.2, 0.25) is 0 Å². The molecule has 0 bridgehead atoms. The van der Waals surface area contributed by atoms with E-state index in [9.17, 15) is 0 Å². The highest BCUT2D eigenvalue weighted by Crippen LogP contribution is 2.23. The van der Waals surface area contributed by atoms with Gasteiger partial charge in [0.25, 0.3) is 0 Å². The number of likely N-dealkylation sites (tertiary alicyclic amines) is 1. The predicted molar refractivity (Wildman–Crippen MR) is 75.2 cm³/mol. The van der Waals surface area contributed by atoms with Gasteiger partial charge >= 0.3 is 0 Å². The molecule has 0 saturated carbocycles. The van der Waals surface area contributed by atoms with Gasteiger partial charge < -0.3 is 5.73 Å². The first-order valence-electron chi connectivity index (χ1n) is 5.72. The first-order valence-corrected chi connectivity index (χ1v) is 6.51. The molecule has 2 heterocycles. The zero-order chi connectivity index (χ0) is 11.7. The maximum Gasteiger partial charge on any atom is 0.0663 e. The number of aromatic nitrogens is 2. The minimum absolute atomic E-state index is 0. The average Bonchev–Trinajstić information content (AvgIpc) is 2.80. The molecule has 0 amide bonds. The van der Waals surface area contributed by atoms with Crippen LogP contribution in [0.3, 0.4) is 0 Å². The number of hydrogen-bond donors (Lipinski definition) is 1. The quantitative estimate of drug-likeness (QED) is 0.922. The van der Waals surface area contributed by atoms with E-state index in [1.165, 1.54) is 12.1 Å². The van der Waals surface area contributed by atoms with Crippen molar-refractivity contribution in [2.45, 2.75) is 25.9 Å². The van der Waals surface area contributed by atoms with Crippen molar-refractivity contribution in [3.8, 4) is 0 Å². The Morgan fingerprint density at radius 1 is 1.65 bits per heavy atom. The predicted octanol–water partition coefficient (Wildman–Crippen LogP) is 1.77. The van der Waals surface area contributed by atoms with Crippen molar-refractivity contribution in [2.75, 3.05) is 13.1 Å². The van der Waals surface area contributed by atoms with Gasteiger partial charge in [-0.3, -0.25) is 9.58 Å². The number of nitrogens with zero attached hydrogens (tertiary/aromatic N) is 3. The summed E-state index contributed by atoms with van der Waals surface area (Å²) in [4.78, 5) is 2.45. The molecule has 1 saturated heterocycles. The first-order chi connectivity index (χ1) is 7.58. The minimum atomic E-state index is 0. The summed E-state index contributed by atoms with van der Waals surface area (Å²) in [7, 11) is 1.99. The molecule has 0 spiro atoms. The Labute approximate surface area is 117 Å². The second-order valence-electron chi connectivity index (χ2n) is 4.71. The summed E-state index contributed by atoms with van der Waals surface area (Å²) in [6.07, 6.45) is 3.07. The van der Waals surface area contributed by atoms with Crippen LogP contribution in [0.5, 0.6) is 0 Å². The molecule has 0 aromatic carbocycles. The number of aryl methyl sites for hydroxylation is 1. The van der Waals surface area contributed by atoms with Crippen LogP contribution in [-0.4, -0.2) is 33.8 Å². The van der Waals surface area contributed by atoms with Gasteiger partial charge in [0.15, 0.2) is 0 Å². The molecule has 0 radical (unpaired) electrons. The average molecular weight is 324 g/mol. The third-order valence-corrected chi connectivity index (χ3v) is 4.10. The van der Waals surface area contributed by atoms with Crippen LogP contribution >= 0.6 is 28.3 Å². The Morgan fingerprint density at radius 2 is 2.35 bits per heavy atom. The monoisotopic (exact) mass is 322 g/mol. The molecule has 4 nitrogen and oxygen atoms in total. The van der Waals surface area contributed by atoms with Gasteiger partial charge in [0.1, 0.15) is 0 Å². The van der Waals surface area contributed by atoms with E-state index in [1.54, 1.807) is 0 Å². The largest absolute Gasteiger partial charge is 0.328 e. The van der Waals surface area contributed by atoms with E-state index in [0.29, 0.717) is 12.0 Å². The van der Waals surface area contributed by atoms with Crippen LogP contribution < -0.4 is 5.73 Å². The molecule has 2 unspecified atom stereocenters. The van der Waals surface area contributed by atoms with Crippen molar-refractivity contribution in [2.24, 2.45) is 18.7 Å². The van der Waals surface area contributed by atoms with E-state index in [1.807, 2.05) is 17.9 Å². The van der Waals surface area contributed by atoms with Gasteiger partial charge in [-0.15, -0.1) is 12.4 Å². The molecule has 2 rings (SSSR count). The SMILES string of the molecule is CC(N)C1CCN(Cc2c(Br)cnn2C)C1.Cl. The maximum absolute atomic E-state index is 5.94. The van der Waals surface area contributed by atoms with Crippen molar-refractivity contribution < 1.29 is 0 Å². The van der Waals surface area contributed by atoms with E-state index in [0.717, 1.165) is 24.1 Å². The molecule has 1 fully saturated rings. The van der Waals surface area contributed by atoms with Crippen LogP contribution in [0.4, 0.5) is 0 Å². The number of nitrogens with two attached hydrogens (primary N) is 1. The maximum atomic E-state index is 5.94. The summed E-state index contributed by atoms with van der Waals surface area (Å²) in [5, 5.41) is 4.23. The lowest BCUT2D eigenvalue weighted by molar-refractivity contribution is 0.299.